The maximum Gasteiger partial charge on any atom is 0.412 e. The van der Waals surface area contributed by atoms with E-state index in [2.05, 4.69) is 27.3 Å². The molecular weight excluding hydrogens is 402 g/mol. The van der Waals surface area contributed by atoms with Gasteiger partial charge in [0.2, 0.25) is 5.76 Å². The van der Waals surface area contributed by atoms with Gasteiger partial charge in [0, 0.05) is 22.4 Å². The average Bonchev–Trinajstić information content (AvgIpc) is 3.43. The van der Waals surface area contributed by atoms with Gasteiger partial charge in [-0.1, -0.05) is 53.4 Å². The molecule has 0 spiro atoms. The lowest BCUT2D eigenvalue weighted by atomic mass is 10.1. The number of hydrogen-bond acceptors (Lipinski definition) is 4. The first-order valence-electron chi connectivity index (χ1n) is 10.7. The van der Waals surface area contributed by atoms with Gasteiger partial charge in [-0.3, -0.25) is 5.32 Å². The molecule has 1 unspecified atom stereocenters. The minimum absolute atomic E-state index is 0.386. The minimum atomic E-state index is -0.567. The van der Waals surface area contributed by atoms with Gasteiger partial charge in [0.1, 0.15) is 17.5 Å². The summed E-state index contributed by atoms with van der Waals surface area (Å²) in [4.78, 5) is 15.9. The first kappa shape index (κ1) is 20.0. The molecule has 1 atom stereocenters. The highest BCUT2D eigenvalue weighted by Crippen LogP contribution is 2.33. The van der Waals surface area contributed by atoms with Crippen molar-refractivity contribution >= 4 is 22.7 Å². The number of hydrogen-bond donors (Lipinski definition) is 2. The fourth-order valence-electron chi connectivity index (χ4n) is 3.53. The lowest BCUT2D eigenvalue weighted by Gasteiger charge is -2.14. The van der Waals surface area contributed by atoms with Crippen LogP contribution >= 0.6 is 0 Å². The monoisotopic (exact) mass is 425 g/mol. The first-order valence-corrected chi connectivity index (χ1v) is 10.7. The SMILES string of the molecule is Cc1noc(-c2cc3ccc(C#CC4CC4)cc3[nH]2)c1NC(=O)OC(C)c1ccccc1. The molecule has 6 heteroatoms. The summed E-state index contributed by atoms with van der Waals surface area (Å²) in [6.45, 7) is 3.61. The molecule has 32 heavy (non-hydrogen) atoms. The highest BCUT2D eigenvalue weighted by molar-refractivity contribution is 5.93. The fraction of sp³-hybridized carbons (Fsp3) is 0.231. The van der Waals surface area contributed by atoms with E-state index in [1.807, 2.05) is 61.5 Å². The van der Waals surface area contributed by atoms with Gasteiger partial charge in [-0.25, -0.2) is 4.79 Å². The third-order valence-electron chi connectivity index (χ3n) is 5.51. The van der Waals surface area contributed by atoms with Crippen LogP contribution in [0.3, 0.4) is 0 Å². The van der Waals surface area contributed by atoms with Gasteiger partial charge in [-0.2, -0.15) is 0 Å². The van der Waals surface area contributed by atoms with Crippen LogP contribution in [0.25, 0.3) is 22.4 Å². The first-order chi connectivity index (χ1) is 15.6. The second-order valence-electron chi connectivity index (χ2n) is 8.08. The van der Waals surface area contributed by atoms with Gasteiger partial charge in [0.05, 0.1) is 5.69 Å². The zero-order chi connectivity index (χ0) is 22.1. The lowest BCUT2D eigenvalue weighted by Crippen LogP contribution is -2.16. The second-order valence-corrected chi connectivity index (χ2v) is 8.08. The number of fused-ring (bicyclic) bond motifs is 1. The lowest BCUT2D eigenvalue weighted by molar-refractivity contribution is 0.121. The van der Waals surface area contributed by atoms with E-state index in [0.717, 1.165) is 27.7 Å². The van der Waals surface area contributed by atoms with E-state index in [4.69, 9.17) is 9.26 Å². The summed E-state index contributed by atoms with van der Waals surface area (Å²) in [6.07, 6.45) is 1.45. The van der Waals surface area contributed by atoms with Crippen molar-refractivity contribution in [3.63, 3.8) is 0 Å². The van der Waals surface area contributed by atoms with Crippen molar-refractivity contribution in [1.29, 1.82) is 0 Å². The van der Waals surface area contributed by atoms with E-state index in [1.165, 1.54) is 12.8 Å². The summed E-state index contributed by atoms with van der Waals surface area (Å²) in [5.41, 5.74) is 4.61. The molecule has 0 bridgehead atoms. The predicted octanol–water partition coefficient (Wildman–Crippen LogP) is 6.20. The molecule has 0 saturated heterocycles. The Hall–Kier alpha value is -3.98. The molecular formula is C26H23N3O3. The van der Waals surface area contributed by atoms with E-state index in [1.54, 1.807) is 6.92 Å². The predicted molar refractivity (Wildman–Crippen MR) is 123 cm³/mol. The summed E-state index contributed by atoms with van der Waals surface area (Å²) in [6, 6.07) is 17.6. The Morgan fingerprint density at radius 3 is 2.81 bits per heavy atom. The number of aromatic amines is 1. The third-order valence-corrected chi connectivity index (χ3v) is 5.51. The Morgan fingerprint density at radius 2 is 2.03 bits per heavy atom. The quantitative estimate of drug-likeness (QED) is 0.381. The average molecular weight is 425 g/mol. The van der Waals surface area contributed by atoms with Crippen LogP contribution in [0.2, 0.25) is 0 Å². The molecule has 1 saturated carbocycles. The number of benzene rings is 2. The summed E-state index contributed by atoms with van der Waals surface area (Å²) in [7, 11) is 0. The van der Waals surface area contributed by atoms with Crippen molar-refractivity contribution in [3.8, 4) is 23.3 Å². The summed E-state index contributed by atoms with van der Waals surface area (Å²) >= 11 is 0. The van der Waals surface area contributed by atoms with Crippen LogP contribution in [0.15, 0.2) is 59.1 Å². The number of anilines is 1. The molecule has 6 nitrogen and oxygen atoms in total. The zero-order valence-electron chi connectivity index (χ0n) is 17.9. The van der Waals surface area contributed by atoms with E-state index >= 15 is 0 Å². The summed E-state index contributed by atoms with van der Waals surface area (Å²) in [5, 5.41) is 7.86. The molecule has 2 N–H and O–H groups in total. The number of ether oxygens (including phenoxy) is 1. The van der Waals surface area contributed by atoms with Crippen molar-refractivity contribution in [1.82, 2.24) is 10.1 Å². The minimum Gasteiger partial charge on any atom is -0.441 e. The number of aromatic nitrogens is 2. The Labute approximate surface area is 186 Å². The van der Waals surface area contributed by atoms with Gasteiger partial charge in [0.25, 0.3) is 0 Å². The number of H-pyrrole nitrogens is 1. The molecule has 0 aliphatic heterocycles. The topological polar surface area (TPSA) is 80.2 Å². The standard InChI is InChI=1S/C26H23N3O3/c1-16-24(28-26(30)31-17(2)20-6-4-3-5-7-20)25(32-29-16)23-15-21-13-12-19(14-22(21)27-23)11-10-18-8-9-18/h3-7,12-15,17-18,27H,8-9H2,1-2H3,(H,28,30). The number of amides is 1. The van der Waals surface area contributed by atoms with E-state index in [0.29, 0.717) is 23.1 Å². The molecule has 2 aromatic heterocycles. The molecule has 1 aliphatic carbocycles. The van der Waals surface area contributed by atoms with Crippen molar-refractivity contribution < 1.29 is 14.1 Å². The van der Waals surface area contributed by atoms with Crippen LogP contribution in [-0.2, 0) is 4.74 Å². The molecule has 160 valence electrons. The Kier molecular flexibility index (Phi) is 5.16. The highest BCUT2D eigenvalue weighted by Gasteiger charge is 2.21. The number of aryl methyl sites for hydroxylation is 1. The van der Waals surface area contributed by atoms with Crippen molar-refractivity contribution in [2.45, 2.75) is 32.8 Å². The second kappa shape index (κ2) is 8.27. The molecule has 1 aliphatic rings. The molecule has 2 aromatic carbocycles. The van der Waals surface area contributed by atoms with E-state index < -0.39 is 6.09 Å². The zero-order valence-corrected chi connectivity index (χ0v) is 17.9. The molecule has 1 amide bonds. The number of rotatable bonds is 4. The van der Waals surface area contributed by atoms with E-state index in [-0.39, 0.29) is 6.10 Å². The number of carbonyl (C=O) groups excluding carboxylic acids is 1. The van der Waals surface area contributed by atoms with Crippen molar-refractivity contribution in [3.05, 3.63) is 71.4 Å². The Bertz CT molecular complexity index is 1340. The number of carbonyl (C=O) groups is 1. The van der Waals surface area contributed by atoms with Crippen LogP contribution in [0.5, 0.6) is 0 Å². The summed E-state index contributed by atoms with van der Waals surface area (Å²) in [5.74, 6) is 7.53. The van der Waals surface area contributed by atoms with Crippen molar-refractivity contribution in [2.24, 2.45) is 5.92 Å². The largest absolute Gasteiger partial charge is 0.441 e. The highest BCUT2D eigenvalue weighted by atomic mass is 16.6. The maximum atomic E-state index is 12.6. The van der Waals surface area contributed by atoms with Crippen LogP contribution < -0.4 is 5.32 Å². The van der Waals surface area contributed by atoms with Crippen LogP contribution in [0.4, 0.5) is 10.5 Å². The smallest absolute Gasteiger partial charge is 0.412 e. The van der Waals surface area contributed by atoms with Gasteiger partial charge in [0.15, 0.2) is 0 Å². The molecule has 2 heterocycles. The Morgan fingerprint density at radius 1 is 1.22 bits per heavy atom. The molecule has 5 rings (SSSR count). The number of nitrogens with one attached hydrogen (secondary N) is 2. The summed E-state index contributed by atoms with van der Waals surface area (Å²) < 4.78 is 11.1. The van der Waals surface area contributed by atoms with Crippen LogP contribution in [0.1, 0.15) is 42.7 Å². The van der Waals surface area contributed by atoms with Gasteiger partial charge in [-0.05, 0) is 50.5 Å². The molecule has 1 fully saturated rings. The van der Waals surface area contributed by atoms with Gasteiger partial charge in [-0.15, -0.1) is 0 Å². The van der Waals surface area contributed by atoms with Gasteiger partial charge >= 0.3 is 6.09 Å². The fourth-order valence-corrected chi connectivity index (χ4v) is 3.53. The molecule has 0 radical (unpaired) electrons. The molecule has 4 aromatic rings. The third kappa shape index (κ3) is 4.23. The Balaban J connectivity index is 1.36. The normalized spacial score (nSPS) is 13.9. The van der Waals surface area contributed by atoms with Crippen LogP contribution in [0, 0.1) is 24.7 Å². The van der Waals surface area contributed by atoms with E-state index in [9.17, 15) is 4.79 Å². The maximum absolute atomic E-state index is 12.6. The number of nitrogens with zero attached hydrogens (tertiary/aromatic N) is 1. The van der Waals surface area contributed by atoms with Crippen LogP contribution in [-0.4, -0.2) is 16.2 Å². The van der Waals surface area contributed by atoms with Crippen molar-refractivity contribution in [2.75, 3.05) is 5.32 Å². The van der Waals surface area contributed by atoms with Gasteiger partial charge < -0.3 is 14.2 Å².